The molecule has 1 aromatic carbocycles. The predicted molar refractivity (Wildman–Crippen MR) is 213 cm³/mol. The van der Waals surface area contributed by atoms with Gasteiger partial charge in [0.05, 0.1) is 13.0 Å². The van der Waals surface area contributed by atoms with Crippen molar-refractivity contribution >= 4 is 85.8 Å². The molecule has 1 saturated heterocycles. The molecule has 13 N–H and O–H groups in total. The van der Waals surface area contributed by atoms with Crippen molar-refractivity contribution in [2.24, 2.45) is 22.2 Å². The van der Waals surface area contributed by atoms with Gasteiger partial charge in [-0.25, -0.2) is 0 Å². The Morgan fingerprint density at radius 2 is 1.63 bits per heavy atom. The van der Waals surface area contributed by atoms with Crippen LogP contribution in [0.3, 0.4) is 0 Å². The average Bonchev–Trinajstić information content (AvgIpc) is 3.82. The summed E-state index contributed by atoms with van der Waals surface area (Å²) in [4.78, 5) is 113. The van der Waals surface area contributed by atoms with Crippen molar-refractivity contribution in [3.05, 3.63) is 48.3 Å². The van der Waals surface area contributed by atoms with E-state index in [1.54, 1.807) is 18.3 Å². The lowest BCUT2D eigenvalue weighted by Gasteiger charge is -2.29. The molecule has 2 aromatic rings. The number of guanidine groups is 1. The van der Waals surface area contributed by atoms with Crippen LogP contribution in [0, 0.1) is 0 Å². The highest BCUT2D eigenvalue weighted by atomic mass is 33.1. The Hall–Kier alpha value is -5.77. The third kappa shape index (κ3) is 13.4. The van der Waals surface area contributed by atoms with E-state index in [0.29, 0.717) is 18.4 Å². The molecule has 308 valence electrons. The van der Waals surface area contributed by atoms with Crippen LogP contribution in [0.4, 0.5) is 0 Å². The first-order chi connectivity index (χ1) is 27.2. The molecule has 0 aliphatic carbocycles. The summed E-state index contributed by atoms with van der Waals surface area (Å²) < 4.78 is 0. The molecular weight excluding hydrogens is 783 g/mol. The second-order valence-corrected chi connectivity index (χ2v) is 15.8. The minimum absolute atomic E-state index is 0.0277. The number of carbonyl (C=O) groups is 8. The first kappa shape index (κ1) is 44.0. The summed E-state index contributed by atoms with van der Waals surface area (Å²) in [6, 6.07) is 0.813. The second kappa shape index (κ2) is 21.5. The fourth-order valence-corrected chi connectivity index (χ4v) is 8.22. The number of nitrogens with two attached hydrogens (primary N) is 3. The van der Waals surface area contributed by atoms with Gasteiger partial charge in [0.25, 0.3) is 0 Å². The predicted octanol–water partition coefficient (Wildman–Crippen LogP) is -1.93. The van der Waals surface area contributed by atoms with E-state index in [9.17, 15) is 43.5 Å². The molecule has 22 heteroatoms. The molecule has 2 aliphatic heterocycles. The van der Waals surface area contributed by atoms with Crippen molar-refractivity contribution in [1.82, 2.24) is 36.5 Å². The molecule has 0 saturated carbocycles. The lowest BCUT2D eigenvalue weighted by Crippen LogP contribution is -2.58. The summed E-state index contributed by atoms with van der Waals surface area (Å²) in [6.07, 6.45) is 4.73. The standard InChI is InChI=1S/C35H47N11O9S2/c36-30(51)25-18-57-56-13-10-27(47)42-22(8-3-4-11-39-35(37)38)31(52)41-17-28(48)43-23(15-29(49)50)32(53)44-24(14-19-16-40-21-7-2-1-6-20(19)21)34(55)46-12-5-9-26(46)33(54)45-25/h1-2,5-7,12,16,22-26,40H,3-4,8-11,13-15,17-18H2,(H2,36,51)(H,41,52)(H,42,47)(H,43,48)(H,44,53)(H,45,54)(H,49,50)(H4,37,38,39)/t22-,23-,24-,25-,26-/m0/s1. The van der Waals surface area contributed by atoms with Gasteiger partial charge in [0.1, 0.15) is 30.2 Å². The van der Waals surface area contributed by atoms with Crippen LogP contribution in [-0.4, -0.2) is 123 Å². The van der Waals surface area contributed by atoms with Crippen molar-refractivity contribution in [2.45, 2.75) is 75.2 Å². The SMILES string of the molecule is NC(=O)[C@@H]1CSSCCC(=O)N[C@@H](CCCCN=C(N)N)C(=O)NCC(=O)N[C@@H](CC(=O)O)C(=O)N[C@@H](Cc2c[nH]c3ccccc23)C(=O)N2C=CC[C@H]2C(=O)N1. The fraction of sp³-hybridized carbons (Fsp3) is 0.457. The summed E-state index contributed by atoms with van der Waals surface area (Å²) >= 11 is 0. The molecule has 57 heavy (non-hydrogen) atoms. The number of hydrogen-bond donors (Lipinski definition) is 10. The molecule has 0 spiro atoms. The number of nitrogens with zero attached hydrogens (tertiary/aromatic N) is 2. The van der Waals surface area contributed by atoms with E-state index in [4.69, 9.17) is 17.2 Å². The maximum Gasteiger partial charge on any atom is 0.305 e. The zero-order valence-corrected chi connectivity index (χ0v) is 32.5. The Balaban J connectivity index is 1.62. The first-order valence-electron chi connectivity index (χ1n) is 18.0. The smallest absolute Gasteiger partial charge is 0.305 e. The van der Waals surface area contributed by atoms with Crippen LogP contribution in [0.2, 0.25) is 0 Å². The van der Waals surface area contributed by atoms with Crippen molar-refractivity contribution in [3.63, 3.8) is 0 Å². The van der Waals surface area contributed by atoms with Gasteiger partial charge < -0.3 is 58.8 Å². The minimum atomic E-state index is -1.70. The van der Waals surface area contributed by atoms with Gasteiger partial charge >= 0.3 is 5.97 Å². The molecule has 3 heterocycles. The molecular formula is C35H47N11O9S2. The number of aliphatic imine (C=N–C) groups is 1. The number of aromatic amines is 1. The quantitative estimate of drug-likeness (QED) is 0.0541. The van der Waals surface area contributed by atoms with Crippen LogP contribution in [0.25, 0.3) is 10.9 Å². The van der Waals surface area contributed by atoms with E-state index in [-0.39, 0.29) is 49.7 Å². The second-order valence-electron chi connectivity index (χ2n) is 13.2. The zero-order chi connectivity index (χ0) is 41.5. The van der Waals surface area contributed by atoms with E-state index >= 15 is 0 Å². The van der Waals surface area contributed by atoms with E-state index in [2.05, 4.69) is 36.6 Å². The lowest BCUT2D eigenvalue weighted by atomic mass is 10.0. The maximum atomic E-state index is 14.3. The fourth-order valence-electron chi connectivity index (χ4n) is 6.05. The number of para-hydroxylation sites is 1. The molecule has 20 nitrogen and oxygen atoms in total. The number of aromatic nitrogens is 1. The molecule has 0 radical (unpaired) electrons. The molecule has 0 unspecified atom stereocenters. The van der Waals surface area contributed by atoms with E-state index in [1.807, 2.05) is 18.2 Å². The Labute approximate surface area is 335 Å². The molecule has 4 rings (SSSR count). The molecule has 1 aromatic heterocycles. The lowest BCUT2D eigenvalue weighted by molar-refractivity contribution is -0.142. The van der Waals surface area contributed by atoms with Crippen LogP contribution in [0.1, 0.15) is 44.1 Å². The van der Waals surface area contributed by atoms with Gasteiger partial charge in [0.15, 0.2) is 5.96 Å². The third-order valence-electron chi connectivity index (χ3n) is 8.92. The van der Waals surface area contributed by atoms with E-state index in [1.165, 1.54) is 27.8 Å². The topological polar surface area (TPSA) is 326 Å². The van der Waals surface area contributed by atoms with Crippen molar-refractivity contribution < 1.29 is 43.5 Å². The Kier molecular flexibility index (Phi) is 16.6. The summed E-state index contributed by atoms with van der Waals surface area (Å²) in [5.74, 6) is -6.61. The normalized spacial score (nSPS) is 23.4. The van der Waals surface area contributed by atoms with Gasteiger partial charge in [-0.3, -0.25) is 43.3 Å². The Bertz CT molecular complexity index is 1880. The highest BCUT2D eigenvalue weighted by Gasteiger charge is 2.38. The molecule has 1 fully saturated rings. The number of carboxylic acid groups (broad SMARTS) is 1. The number of H-pyrrole nitrogens is 1. The number of fused-ring (bicyclic) bond motifs is 2. The molecule has 7 amide bonds. The summed E-state index contributed by atoms with van der Waals surface area (Å²) in [7, 11) is 2.42. The van der Waals surface area contributed by atoms with Gasteiger partial charge in [-0.05, 0) is 37.3 Å². The number of aliphatic carboxylic acids is 1. The maximum absolute atomic E-state index is 14.3. The number of amides is 7. The highest BCUT2D eigenvalue weighted by molar-refractivity contribution is 8.76. The van der Waals surface area contributed by atoms with Crippen LogP contribution in [-0.2, 0) is 44.8 Å². The Morgan fingerprint density at radius 3 is 2.37 bits per heavy atom. The zero-order valence-electron chi connectivity index (χ0n) is 30.9. The number of hydrogen-bond acceptors (Lipinski definition) is 11. The van der Waals surface area contributed by atoms with Gasteiger partial charge in [0.2, 0.25) is 41.4 Å². The third-order valence-corrected chi connectivity index (χ3v) is 11.3. The number of benzene rings is 1. The molecule has 2 aliphatic rings. The number of carbonyl (C=O) groups excluding carboxylic acids is 7. The summed E-state index contributed by atoms with van der Waals surface area (Å²) in [5.41, 5.74) is 17.7. The van der Waals surface area contributed by atoms with Crippen LogP contribution < -0.4 is 43.8 Å². The van der Waals surface area contributed by atoms with Gasteiger partial charge in [-0.1, -0.05) is 45.9 Å². The number of primary amides is 1. The van der Waals surface area contributed by atoms with E-state index in [0.717, 1.165) is 15.8 Å². The monoisotopic (exact) mass is 829 g/mol. The van der Waals surface area contributed by atoms with Gasteiger partial charge in [-0.2, -0.15) is 0 Å². The van der Waals surface area contributed by atoms with Crippen LogP contribution >= 0.6 is 21.6 Å². The van der Waals surface area contributed by atoms with Crippen LogP contribution in [0.15, 0.2) is 47.7 Å². The van der Waals surface area contributed by atoms with Crippen molar-refractivity contribution in [3.8, 4) is 0 Å². The minimum Gasteiger partial charge on any atom is -0.481 e. The van der Waals surface area contributed by atoms with Crippen molar-refractivity contribution in [2.75, 3.05) is 24.6 Å². The van der Waals surface area contributed by atoms with Crippen molar-refractivity contribution in [1.29, 1.82) is 0 Å². The Morgan fingerprint density at radius 1 is 0.877 bits per heavy atom. The number of rotatable bonds is 10. The number of nitrogens with one attached hydrogen (secondary N) is 6. The number of unbranched alkanes of at least 4 members (excludes halogenated alkanes) is 1. The average molecular weight is 830 g/mol. The molecule has 0 bridgehead atoms. The van der Waals surface area contributed by atoms with Crippen LogP contribution in [0.5, 0.6) is 0 Å². The van der Waals surface area contributed by atoms with E-state index < -0.39 is 90.5 Å². The highest BCUT2D eigenvalue weighted by Crippen LogP contribution is 2.25. The summed E-state index contributed by atoms with van der Waals surface area (Å²) in [6.45, 7) is -0.395. The summed E-state index contributed by atoms with van der Waals surface area (Å²) in [5, 5.41) is 23.0. The first-order valence-corrected chi connectivity index (χ1v) is 20.5. The van der Waals surface area contributed by atoms with Gasteiger partial charge in [-0.15, -0.1) is 0 Å². The molecule has 5 atom stereocenters. The largest absolute Gasteiger partial charge is 0.481 e. The van der Waals surface area contributed by atoms with Gasteiger partial charge in [0, 0.05) is 54.2 Å². The number of carboxylic acids is 1.